The number of guanidine groups is 1. The third kappa shape index (κ3) is 7.28. The van der Waals surface area contributed by atoms with E-state index in [1.807, 2.05) is 0 Å². The van der Waals surface area contributed by atoms with E-state index in [2.05, 4.69) is 5.32 Å². The number of alkyl carbamates (subject to hydrolysis) is 1. The van der Waals surface area contributed by atoms with Gasteiger partial charge in [-0.05, 0) is 54.4 Å². The molecule has 1 aliphatic heterocycles. The molecule has 9 heteroatoms. The molecular weight excluding hydrogens is 340 g/mol. The Morgan fingerprint density at radius 2 is 1.58 bits per heavy atom. The van der Waals surface area contributed by atoms with Gasteiger partial charge in [-0.1, -0.05) is 0 Å². The summed E-state index contributed by atoms with van der Waals surface area (Å²) >= 11 is 0. The van der Waals surface area contributed by atoms with Crippen LogP contribution in [0.2, 0.25) is 0 Å². The van der Waals surface area contributed by atoms with Crippen molar-refractivity contribution in [3.05, 3.63) is 0 Å². The van der Waals surface area contributed by atoms with Gasteiger partial charge in [0.1, 0.15) is 11.2 Å². The maximum absolute atomic E-state index is 12.6. The van der Waals surface area contributed by atoms with Crippen molar-refractivity contribution < 1.29 is 23.9 Å². The monoisotopic (exact) mass is 370 g/mol. The van der Waals surface area contributed by atoms with Gasteiger partial charge in [0, 0.05) is 19.1 Å². The van der Waals surface area contributed by atoms with E-state index < -0.39 is 29.3 Å². The first-order valence-electron chi connectivity index (χ1n) is 8.62. The highest BCUT2D eigenvalue weighted by Gasteiger charge is 2.35. The second-order valence-electron chi connectivity index (χ2n) is 8.20. The van der Waals surface area contributed by atoms with Crippen LogP contribution in [0.1, 0.15) is 54.4 Å². The largest absolute Gasteiger partial charge is 0.444 e. The second kappa shape index (κ2) is 8.37. The summed E-state index contributed by atoms with van der Waals surface area (Å²) in [5.74, 6) is -0.405. The topological polar surface area (TPSA) is 112 Å². The number of carbonyl (C=O) groups excluding carboxylic acids is 3. The molecule has 1 aliphatic rings. The number of hydrogen-bond donors (Lipinski definition) is 2. The molecule has 1 heterocycles. The Bertz CT molecular complexity index is 542. The van der Waals surface area contributed by atoms with Gasteiger partial charge in [0.05, 0.1) is 0 Å². The van der Waals surface area contributed by atoms with E-state index in [-0.39, 0.29) is 6.04 Å². The summed E-state index contributed by atoms with van der Waals surface area (Å²) in [6.07, 6.45) is 0.190. The second-order valence-corrected chi connectivity index (χ2v) is 8.20. The standard InChI is InChI=1S/C17H30N4O5/c1-16(2,3)25-14(23)19-13(18)21(15(24)26-17(4,5)6)12-7-9-20(11-22)10-8-12/h11-12H,7-10H2,1-6H3,(H2,18,19,23). The molecule has 148 valence electrons. The van der Waals surface area contributed by atoms with Gasteiger partial charge in [-0.25, -0.2) is 14.5 Å². The first-order chi connectivity index (χ1) is 11.8. The first kappa shape index (κ1) is 21.7. The van der Waals surface area contributed by atoms with Crippen molar-refractivity contribution >= 4 is 24.6 Å². The van der Waals surface area contributed by atoms with Gasteiger partial charge in [-0.15, -0.1) is 0 Å². The molecule has 0 bridgehead atoms. The predicted molar refractivity (Wildman–Crippen MR) is 95.8 cm³/mol. The highest BCUT2D eigenvalue weighted by molar-refractivity contribution is 6.00. The zero-order valence-corrected chi connectivity index (χ0v) is 16.4. The number of carbonyl (C=O) groups is 3. The number of nitrogens with zero attached hydrogens (tertiary/aromatic N) is 2. The van der Waals surface area contributed by atoms with Crippen LogP contribution in [0.5, 0.6) is 0 Å². The Hall–Kier alpha value is -2.32. The number of hydrogen-bond acceptors (Lipinski definition) is 6. The average Bonchev–Trinajstić information content (AvgIpc) is 2.44. The van der Waals surface area contributed by atoms with Gasteiger partial charge in [0.25, 0.3) is 0 Å². The third-order valence-corrected chi connectivity index (χ3v) is 3.46. The van der Waals surface area contributed by atoms with Crippen molar-refractivity contribution in [3.63, 3.8) is 0 Å². The zero-order valence-electron chi connectivity index (χ0n) is 16.4. The highest BCUT2D eigenvalue weighted by atomic mass is 16.6. The van der Waals surface area contributed by atoms with E-state index in [4.69, 9.17) is 14.9 Å². The lowest BCUT2D eigenvalue weighted by molar-refractivity contribution is -0.119. The highest BCUT2D eigenvalue weighted by Crippen LogP contribution is 2.19. The Morgan fingerprint density at radius 1 is 1.08 bits per heavy atom. The van der Waals surface area contributed by atoms with Crippen LogP contribution in [-0.2, 0) is 14.3 Å². The van der Waals surface area contributed by atoms with E-state index in [1.165, 1.54) is 0 Å². The van der Waals surface area contributed by atoms with Crippen LogP contribution in [-0.4, -0.2) is 64.7 Å². The van der Waals surface area contributed by atoms with E-state index in [0.717, 1.165) is 11.3 Å². The molecule has 0 aromatic rings. The van der Waals surface area contributed by atoms with Crippen molar-refractivity contribution in [3.8, 4) is 0 Å². The van der Waals surface area contributed by atoms with Crippen LogP contribution in [0, 0.1) is 5.41 Å². The molecular formula is C17H30N4O5. The Labute approximate surface area is 154 Å². The summed E-state index contributed by atoms with van der Waals surface area (Å²) < 4.78 is 10.5. The van der Waals surface area contributed by atoms with Gasteiger partial charge in [-0.2, -0.15) is 0 Å². The summed E-state index contributed by atoms with van der Waals surface area (Å²) in [4.78, 5) is 38.2. The molecule has 0 radical (unpaired) electrons. The summed E-state index contributed by atoms with van der Waals surface area (Å²) in [5, 5.41) is 10.5. The molecule has 0 aliphatic carbocycles. The predicted octanol–water partition coefficient (Wildman–Crippen LogP) is 2.30. The molecule has 3 amide bonds. The summed E-state index contributed by atoms with van der Waals surface area (Å²) in [7, 11) is 0. The van der Waals surface area contributed by atoms with Gasteiger partial charge < -0.3 is 14.4 Å². The number of nitrogens with one attached hydrogen (secondary N) is 2. The Balaban J connectivity index is 2.89. The molecule has 0 atom stereocenters. The molecule has 0 spiro atoms. The van der Waals surface area contributed by atoms with Crippen LogP contribution < -0.4 is 5.32 Å². The third-order valence-electron chi connectivity index (χ3n) is 3.46. The number of ether oxygens (including phenoxy) is 2. The number of rotatable bonds is 2. The molecule has 26 heavy (non-hydrogen) atoms. The minimum absolute atomic E-state index is 0.358. The van der Waals surface area contributed by atoms with Gasteiger partial charge in [0.15, 0.2) is 0 Å². The summed E-state index contributed by atoms with van der Waals surface area (Å²) in [6.45, 7) is 11.2. The van der Waals surface area contributed by atoms with Crippen LogP contribution in [0.4, 0.5) is 9.59 Å². The number of likely N-dealkylation sites (tertiary alicyclic amines) is 1. The number of piperidine rings is 1. The molecule has 0 aromatic heterocycles. The van der Waals surface area contributed by atoms with Crippen LogP contribution in [0.25, 0.3) is 0 Å². The molecule has 9 nitrogen and oxygen atoms in total. The van der Waals surface area contributed by atoms with E-state index in [0.29, 0.717) is 25.9 Å². The fourth-order valence-corrected chi connectivity index (χ4v) is 2.44. The van der Waals surface area contributed by atoms with Crippen molar-refractivity contribution in [2.75, 3.05) is 13.1 Å². The Morgan fingerprint density at radius 3 is 2.00 bits per heavy atom. The van der Waals surface area contributed by atoms with Crippen molar-refractivity contribution in [2.45, 2.75) is 71.6 Å². The van der Waals surface area contributed by atoms with Gasteiger partial charge >= 0.3 is 12.2 Å². The van der Waals surface area contributed by atoms with Crippen molar-refractivity contribution in [2.24, 2.45) is 0 Å². The maximum Gasteiger partial charge on any atom is 0.417 e. The normalized spacial score (nSPS) is 15.8. The Kier molecular flexibility index (Phi) is 7.00. The zero-order chi connectivity index (χ0) is 20.1. The van der Waals surface area contributed by atoms with E-state index in [9.17, 15) is 14.4 Å². The molecule has 0 unspecified atom stereocenters. The summed E-state index contributed by atoms with van der Waals surface area (Å²) in [6, 6.07) is -0.358. The first-order valence-corrected chi connectivity index (χ1v) is 8.62. The minimum Gasteiger partial charge on any atom is -0.444 e. The minimum atomic E-state index is -0.818. The van der Waals surface area contributed by atoms with E-state index in [1.54, 1.807) is 46.4 Å². The molecule has 0 saturated carbocycles. The van der Waals surface area contributed by atoms with Gasteiger partial charge in [-0.3, -0.25) is 15.5 Å². The molecule has 2 N–H and O–H groups in total. The van der Waals surface area contributed by atoms with Crippen molar-refractivity contribution in [1.82, 2.24) is 15.1 Å². The lowest BCUT2D eigenvalue weighted by Gasteiger charge is -2.37. The van der Waals surface area contributed by atoms with Gasteiger partial charge in [0.2, 0.25) is 12.4 Å². The maximum atomic E-state index is 12.6. The van der Waals surface area contributed by atoms with Crippen molar-refractivity contribution in [1.29, 1.82) is 5.41 Å². The summed E-state index contributed by atoms with van der Waals surface area (Å²) in [5.41, 5.74) is -1.47. The molecule has 1 saturated heterocycles. The fraction of sp³-hybridized carbons (Fsp3) is 0.765. The smallest absolute Gasteiger partial charge is 0.417 e. The SMILES string of the molecule is CC(C)(C)OC(=O)NC(=N)N(C(=O)OC(C)(C)C)C1CCN(C=O)CC1. The molecule has 0 aromatic carbocycles. The van der Waals surface area contributed by atoms with E-state index >= 15 is 0 Å². The number of amides is 3. The molecule has 1 rings (SSSR count). The van der Waals surface area contributed by atoms with Crippen LogP contribution in [0.15, 0.2) is 0 Å². The lowest BCUT2D eigenvalue weighted by atomic mass is 10.0. The quantitative estimate of drug-likeness (QED) is 0.440. The lowest BCUT2D eigenvalue weighted by Crippen LogP contribution is -2.56. The fourth-order valence-electron chi connectivity index (χ4n) is 2.44. The van der Waals surface area contributed by atoms with Crippen LogP contribution >= 0.6 is 0 Å². The van der Waals surface area contributed by atoms with Crippen LogP contribution in [0.3, 0.4) is 0 Å². The average molecular weight is 370 g/mol. The molecule has 1 fully saturated rings.